The number of nitrogens with zero attached hydrogens (tertiary/aromatic N) is 1. The van der Waals surface area contributed by atoms with Crippen LogP contribution in [-0.4, -0.2) is 28.6 Å². The first-order valence-electron chi connectivity index (χ1n) is 7.41. The Morgan fingerprint density at radius 1 is 1.38 bits per heavy atom. The molecule has 3 nitrogen and oxygen atoms in total. The third kappa shape index (κ3) is 4.35. The standard InChI is InChI=1S/C16H21Cl2NO2/c1-11(12-5-7-14(17)15(18)10-12)19-9-3-2-4-13(19)6-8-16(20)21/h5,7,10-11,13H,2-4,6,8-9H2,1H3,(H,20,21). The maximum Gasteiger partial charge on any atom is 0.303 e. The van der Waals surface area contributed by atoms with Gasteiger partial charge in [-0.1, -0.05) is 35.7 Å². The molecule has 1 N–H and O–H groups in total. The van der Waals surface area contributed by atoms with Gasteiger partial charge in [-0.3, -0.25) is 9.69 Å². The smallest absolute Gasteiger partial charge is 0.303 e. The Balaban J connectivity index is 2.11. The molecule has 0 saturated carbocycles. The molecular formula is C16H21Cl2NO2. The quantitative estimate of drug-likeness (QED) is 0.845. The normalized spacial score (nSPS) is 21.2. The summed E-state index contributed by atoms with van der Waals surface area (Å²) in [5.74, 6) is -0.720. The van der Waals surface area contributed by atoms with Crippen molar-refractivity contribution >= 4 is 29.2 Å². The summed E-state index contributed by atoms with van der Waals surface area (Å²) in [4.78, 5) is 13.2. The molecule has 1 aliphatic heterocycles. The van der Waals surface area contributed by atoms with Crippen molar-refractivity contribution in [2.24, 2.45) is 0 Å². The Labute approximate surface area is 135 Å². The molecule has 1 heterocycles. The van der Waals surface area contributed by atoms with Gasteiger partial charge in [-0.2, -0.15) is 0 Å². The molecule has 0 bridgehead atoms. The molecule has 0 spiro atoms. The number of piperidine rings is 1. The summed E-state index contributed by atoms with van der Waals surface area (Å²) >= 11 is 12.1. The highest BCUT2D eigenvalue weighted by Crippen LogP contribution is 2.33. The summed E-state index contributed by atoms with van der Waals surface area (Å²) in [7, 11) is 0. The Hall–Kier alpha value is -0.770. The SMILES string of the molecule is CC(c1ccc(Cl)c(Cl)c1)N1CCCCC1CCC(=O)O. The van der Waals surface area contributed by atoms with Crippen LogP contribution in [-0.2, 0) is 4.79 Å². The van der Waals surface area contributed by atoms with Crippen LogP contribution in [0.5, 0.6) is 0 Å². The van der Waals surface area contributed by atoms with Crippen LogP contribution in [0.1, 0.15) is 50.6 Å². The summed E-state index contributed by atoms with van der Waals surface area (Å²) < 4.78 is 0. The molecule has 1 fully saturated rings. The molecule has 0 aromatic heterocycles. The fourth-order valence-corrected chi connectivity index (χ4v) is 3.40. The van der Waals surface area contributed by atoms with E-state index >= 15 is 0 Å². The van der Waals surface area contributed by atoms with Crippen molar-refractivity contribution < 1.29 is 9.90 Å². The highest BCUT2D eigenvalue weighted by molar-refractivity contribution is 6.42. The number of carboxylic acid groups (broad SMARTS) is 1. The Bertz CT molecular complexity index is 507. The second-order valence-electron chi connectivity index (χ2n) is 5.67. The van der Waals surface area contributed by atoms with Crippen molar-refractivity contribution in [3.8, 4) is 0 Å². The molecule has 0 amide bonds. The Morgan fingerprint density at radius 3 is 2.81 bits per heavy atom. The third-order valence-electron chi connectivity index (χ3n) is 4.29. The summed E-state index contributed by atoms with van der Waals surface area (Å²) in [6.45, 7) is 3.16. The molecular weight excluding hydrogens is 309 g/mol. The van der Waals surface area contributed by atoms with Crippen molar-refractivity contribution in [2.75, 3.05) is 6.54 Å². The molecule has 116 valence electrons. The van der Waals surface area contributed by atoms with E-state index < -0.39 is 5.97 Å². The van der Waals surface area contributed by atoms with Crippen LogP contribution in [0.25, 0.3) is 0 Å². The van der Waals surface area contributed by atoms with Crippen molar-refractivity contribution in [1.82, 2.24) is 4.90 Å². The lowest BCUT2D eigenvalue weighted by molar-refractivity contribution is -0.137. The average Bonchev–Trinajstić information content (AvgIpc) is 2.47. The molecule has 2 rings (SSSR count). The lowest BCUT2D eigenvalue weighted by Crippen LogP contribution is -2.41. The fraction of sp³-hybridized carbons (Fsp3) is 0.562. The van der Waals surface area contributed by atoms with E-state index in [1.54, 1.807) is 0 Å². The number of halogens is 2. The van der Waals surface area contributed by atoms with Gasteiger partial charge in [0.1, 0.15) is 0 Å². The maximum atomic E-state index is 10.8. The van der Waals surface area contributed by atoms with Gasteiger partial charge in [0.2, 0.25) is 0 Å². The van der Waals surface area contributed by atoms with Crippen LogP contribution in [0, 0.1) is 0 Å². The summed E-state index contributed by atoms with van der Waals surface area (Å²) in [5, 5.41) is 10.0. The molecule has 1 saturated heterocycles. The van der Waals surface area contributed by atoms with E-state index in [4.69, 9.17) is 28.3 Å². The van der Waals surface area contributed by atoms with Gasteiger partial charge in [0.05, 0.1) is 10.0 Å². The topological polar surface area (TPSA) is 40.5 Å². The van der Waals surface area contributed by atoms with Crippen LogP contribution < -0.4 is 0 Å². The number of carboxylic acids is 1. The van der Waals surface area contributed by atoms with E-state index in [-0.39, 0.29) is 12.5 Å². The van der Waals surface area contributed by atoms with Gasteiger partial charge in [-0.15, -0.1) is 0 Å². The van der Waals surface area contributed by atoms with Gasteiger partial charge in [-0.25, -0.2) is 0 Å². The minimum Gasteiger partial charge on any atom is -0.481 e. The van der Waals surface area contributed by atoms with Crippen LogP contribution in [0.15, 0.2) is 18.2 Å². The predicted octanol–water partition coefficient (Wildman–Crippen LogP) is 4.77. The molecule has 21 heavy (non-hydrogen) atoms. The number of likely N-dealkylation sites (tertiary alicyclic amines) is 1. The third-order valence-corrected chi connectivity index (χ3v) is 5.03. The Kier molecular flexibility index (Phi) is 5.91. The first-order valence-corrected chi connectivity index (χ1v) is 8.17. The van der Waals surface area contributed by atoms with Crippen LogP contribution >= 0.6 is 23.2 Å². The van der Waals surface area contributed by atoms with Crippen molar-refractivity contribution in [1.29, 1.82) is 0 Å². The molecule has 2 unspecified atom stereocenters. The predicted molar refractivity (Wildman–Crippen MR) is 86.1 cm³/mol. The fourth-order valence-electron chi connectivity index (χ4n) is 3.10. The van der Waals surface area contributed by atoms with E-state index in [1.807, 2.05) is 18.2 Å². The number of hydrogen-bond donors (Lipinski definition) is 1. The van der Waals surface area contributed by atoms with E-state index in [2.05, 4.69) is 11.8 Å². The van der Waals surface area contributed by atoms with Crippen molar-refractivity contribution in [3.05, 3.63) is 33.8 Å². The van der Waals surface area contributed by atoms with Crippen LogP contribution in [0.2, 0.25) is 10.0 Å². The van der Waals surface area contributed by atoms with Crippen LogP contribution in [0.3, 0.4) is 0 Å². The average molecular weight is 330 g/mol. The van der Waals surface area contributed by atoms with Crippen LogP contribution in [0.4, 0.5) is 0 Å². The summed E-state index contributed by atoms with van der Waals surface area (Å²) in [6.07, 6.45) is 4.35. The van der Waals surface area contributed by atoms with Gasteiger partial charge in [0, 0.05) is 18.5 Å². The molecule has 1 aromatic rings. The largest absolute Gasteiger partial charge is 0.481 e. The maximum absolute atomic E-state index is 10.8. The van der Waals surface area contributed by atoms with Gasteiger partial charge in [-0.05, 0) is 50.4 Å². The second kappa shape index (κ2) is 7.48. The van der Waals surface area contributed by atoms with E-state index in [1.165, 1.54) is 6.42 Å². The molecule has 0 aliphatic carbocycles. The second-order valence-corrected chi connectivity index (χ2v) is 6.48. The molecule has 1 aromatic carbocycles. The molecule has 1 aliphatic rings. The Morgan fingerprint density at radius 2 is 2.14 bits per heavy atom. The minimum atomic E-state index is -0.720. The van der Waals surface area contributed by atoms with E-state index in [0.29, 0.717) is 22.5 Å². The summed E-state index contributed by atoms with van der Waals surface area (Å²) in [6, 6.07) is 6.30. The number of aliphatic carboxylic acids is 1. The lowest BCUT2D eigenvalue weighted by Gasteiger charge is -2.40. The van der Waals surface area contributed by atoms with E-state index in [0.717, 1.165) is 24.9 Å². The number of rotatable bonds is 5. The van der Waals surface area contributed by atoms with Crippen molar-refractivity contribution in [2.45, 2.75) is 51.1 Å². The monoisotopic (exact) mass is 329 g/mol. The van der Waals surface area contributed by atoms with Gasteiger partial charge < -0.3 is 5.11 Å². The molecule has 2 atom stereocenters. The number of hydrogen-bond acceptors (Lipinski definition) is 2. The van der Waals surface area contributed by atoms with E-state index in [9.17, 15) is 4.79 Å². The van der Waals surface area contributed by atoms with Crippen molar-refractivity contribution in [3.63, 3.8) is 0 Å². The first-order chi connectivity index (χ1) is 9.99. The lowest BCUT2D eigenvalue weighted by atomic mass is 9.94. The number of benzene rings is 1. The zero-order valence-electron chi connectivity index (χ0n) is 12.2. The molecule has 0 radical (unpaired) electrons. The highest BCUT2D eigenvalue weighted by atomic mass is 35.5. The minimum absolute atomic E-state index is 0.221. The number of carbonyl (C=O) groups is 1. The van der Waals surface area contributed by atoms with Gasteiger partial charge in [0.25, 0.3) is 0 Å². The zero-order valence-corrected chi connectivity index (χ0v) is 13.7. The highest BCUT2D eigenvalue weighted by Gasteiger charge is 2.27. The molecule has 5 heteroatoms. The van der Waals surface area contributed by atoms with Gasteiger partial charge in [0.15, 0.2) is 0 Å². The summed E-state index contributed by atoms with van der Waals surface area (Å²) in [5.41, 5.74) is 1.13. The first kappa shape index (κ1) is 16.6. The zero-order chi connectivity index (χ0) is 15.4. The van der Waals surface area contributed by atoms with Gasteiger partial charge >= 0.3 is 5.97 Å².